The molecule has 0 amide bonds. The predicted molar refractivity (Wildman–Crippen MR) is 80.1 cm³/mol. The van der Waals surface area contributed by atoms with E-state index in [0.717, 1.165) is 38.4 Å². The molecule has 1 saturated heterocycles. The quantitative estimate of drug-likeness (QED) is 0.896. The van der Waals surface area contributed by atoms with Gasteiger partial charge in [0.25, 0.3) is 0 Å². The minimum absolute atomic E-state index is 0.596. The molecule has 0 spiro atoms. The van der Waals surface area contributed by atoms with E-state index in [2.05, 4.69) is 38.9 Å². The number of likely N-dealkylation sites (N-methyl/N-ethyl adjacent to an activating group) is 1. The van der Waals surface area contributed by atoms with Crippen LogP contribution in [-0.4, -0.2) is 54.1 Å². The lowest BCUT2D eigenvalue weighted by Gasteiger charge is -2.26. The molecule has 2 heterocycles. The van der Waals surface area contributed by atoms with Gasteiger partial charge in [-0.15, -0.1) is 0 Å². The average molecular weight is 284 g/mol. The Labute approximate surface area is 120 Å². The summed E-state index contributed by atoms with van der Waals surface area (Å²) >= 11 is 6.22. The molecule has 2 rings (SSSR count). The van der Waals surface area contributed by atoms with Crippen LogP contribution in [0.4, 0.5) is 11.8 Å². The first-order valence-electron chi connectivity index (χ1n) is 6.88. The maximum atomic E-state index is 6.22. The van der Waals surface area contributed by atoms with Gasteiger partial charge in [0.05, 0.1) is 6.20 Å². The van der Waals surface area contributed by atoms with E-state index >= 15 is 0 Å². The molecule has 1 aromatic heterocycles. The van der Waals surface area contributed by atoms with Crippen LogP contribution < -0.4 is 10.2 Å². The Hall–Kier alpha value is -1.07. The van der Waals surface area contributed by atoms with Crippen LogP contribution in [-0.2, 0) is 0 Å². The summed E-state index contributed by atoms with van der Waals surface area (Å²) in [6.07, 6.45) is 2.83. The molecular weight excluding hydrogens is 262 g/mol. The fourth-order valence-corrected chi connectivity index (χ4v) is 2.88. The van der Waals surface area contributed by atoms with Gasteiger partial charge in [-0.05, 0) is 19.5 Å². The zero-order valence-electron chi connectivity index (χ0n) is 11.9. The second kappa shape index (κ2) is 6.39. The third-order valence-electron chi connectivity index (χ3n) is 3.74. The largest absolute Gasteiger partial charge is 0.357 e. The Kier molecular flexibility index (Phi) is 4.82. The molecule has 0 saturated carbocycles. The third-order valence-corrected chi connectivity index (χ3v) is 4.01. The number of hydrogen-bond donors (Lipinski definition) is 1. The van der Waals surface area contributed by atoms with Crippen molar-refractivity contribution in [2.24, 2.45) is 0 Å². The minimum Gasteiger partial charge on any atom is -0.357 e. The van der Waals surface area contributed by atoms with Gasteiger partial charge < -0.3 is 10.2 Å². The molecule has 0 radical (unpaired) electrons. The maximum Gasteiger partial charge on any atom is 0.224 e. The van der Waals surface area contributed by atoms with E-state index in [0.29, 0.717) is 17.0 Å². The van der Waals surface area contributed by atoms with Crippen LogP contribution in [0, 0.1) is 0 Å². The number of halogens is 1. The minimum atomic E-state index is 0.596. The van der Waals surface area contributed by atoms with Crippen LogP contribution in [0.5, 0.6) is 0 Å². The molecule has 0 aromatic carbocycles. The van der Waals surface area contributed by atoms with Crippen molar-refractivity contribution in [3.8, 4) is 0 Å². The molecule has 1 N–H and O–H groups in total. The van der Waals surface area contributed by atoms with Gasteiger partial charge in [0.15, 0.2) is 5.82 Å². The van der Waals surface area contributed by atoms with Crippen LogP contribution in [0.1, 0.15) is 20.3 Å². The summed E-state index contributed by atoms with van der Waals surface area (Å²) in [5, 5.41) is 3.58. The second-order valence-electron chi connectivity index (χ2n) is 4.72. The van der Waals surface area contributed by atoms with E-state index in [1.807, 2.05) is 7.05 Å². The number of hydrogen-bond acceptors (Lipinski definition) is 5. The Bertz CT molecular complexity index is 421. The fraction of sp³-hybridized carbons (Fsp3) is 0.692. The zero-order valence-corrected chi connectivity index (χ0v) is 12.6. The summed E-state index contributed by atoms with van der Waals surface area (Å²) in [7, 11) is 1.82. The molecular formula is C13H22ClN5. The van der Waals surface area contributed by atoms with Crippen molar-refractivity contribution >= 4 is 23.4 Å². The van der Waals surface area contributed by atoms with Gasteiger partial charge in [0.1, 0.15) is 5.02 Å². The van der Waals surface area contributed by atoms with E-state index in [9.17, 15) is 0 Å². The van der Waals surface area contributed by atoms with Crippen LogP contribution in [0.15, 0.2) is 6.20 Å². The van der Waals surface area contributed by atoms with Crippen LogP contribution >= 0.6 is 11.6 Å². The molecule has 1 aromatic rings. The topological polar surface area (TPSA) is 44.3 Å². The number of nitrogens with zero attached hydrogens (tertiary/aromatic N) is 4. The summed E-state index contributed by atoms with van der Waals surface area (Å²) in [4.78, 5) is 13.3. The van der Waals surface area contributed by atoms with Crippen LogP contribution in [0.2, 0.25) is 5.02 Å². The highest BCUT2D eigenvalue weighted by molar-refractivity contribution is 6.32. The fourth-order valence-electron chi connectivity index (χ4n) is 2.67. The molecule has 0 aliphatic carbocycles. The monoisotopic (exact) mass is 283 g/mol. The molecule has 0 bridgehead atoms. The van der Waals surface area contributed by atoms with Crippen LogP contribution in [0.3, 0.4) is 0 Å². The highest BCUT2D eigenvalue weighted by Crippen LogP contribution is 2.28. The average Bonchev–Trinajstić information content (AvgIpc) is 2.90. The molecule has 6 heteroatoms. The van der Waals surface area contributed by atoms with E-state index in [4.69, 9.17) is 11.6 Å². The Morgan fingerprint density at radius 1 is 1.47 bits per heavy atom. The number of aromatic nitrogens is 2. The molecule has 1 aliphatic rings. The molecule has 5 nitrogen and oxygen atoms in total. The molecule has 106 valence electrons. The Morgan fingerprint density at radius 3 is 2.84 bits per heavy atom. The van der Waals surface area contributed by atoms with Gasteiger partial charge >= 0.3 is 0 Å². The molecule has 19 heavy (non-hydrogen) atoms. The van der Waals surface area contributed by atoms with E-state index in [1.54, 1.807) is 6.20 Å². The normalized spacial score (nSPS) is 19.2. The van der Waals surface area contributed by atoms with Crippen molar-refractivity contribution in [2.75, 3.05) is 43.4 Å². The Morgan fingerprint density at radius 2 is 2.21 bits per heavy atom. The lowest BCUT2D eigenvalue weighted by atomic mass is 10.2. The van der Waals surface area contributed by atoms with E-state index in [-0.39, 0.29) is 0 Å². The standard InChI is InChI=1S/C13H22ClN5/c1-4-18(5-2)10-6-7-19(9-10)12-11(14)8-16-13(15-3)17-12/h8,10H,4-7,9H2,1-3H3,(H,15,16,17). The van der Waals surface area contributed by atoms with Gasteiger partial charge in [0.2, 0.25) is 5.95 Å². The van der Waals surface area contributed by atoms with Crippen molar-refractivity contribution < 1.29 is 0 Å². The highest BCUT2D eigenvalue weighted by atomic mass is 35.5. The number of rotatable bonds is 5. The van der Waals surface area contributed by atoms with Crippen molar-refractivity contribution in [3.63, 3.8) is 0 Å². The third kappa shape index (κ3) is 3.09. The lowest BCUT2D eigenvalue weighted by Crippen LogP contribution is -2.37. The first-order chi connectivity index (χ1) is 9.19. The van der Waals surface area contributed by atoms with E-state index in [1.165, 1.54) is 0 Å². The maximum absolute atomic E-state index is 6.22. The molecule has 1 fully saturated rings. The highest BCUT2D eigenvalue weighted by Gasteiger charge is 2.28. The van der Waals surface area contributed by atoms with Gasteiger partial charge in [-0.1, -0.05) is 25.4 Å². The Balaban J connectivity index is 2.12. The SMILES string of the molecule is CCN(CC)C1CCN(c2nc(NC)ncc2Cl)C1. The van der Waals surface area contributed by atoms with Gasteiger partial charge in [-0.2, -0.15) is 4.98 Å². The number of anilines is 2. The van der Waals surface area contributed by atoms with Crippen molar-refractivity contribution in [3.05, 3.63) is 11.2 Å². The summed E-state index contributed by atoms with van der Waals surface area (Å²) < 4.78 is 0. The summed E-state index contributed by atoms with van der Waals surface area (Å²) in [5.74, 6) is 1.46. The second-order valence-corrected chi connectivity index (χ2v) is 5.13. The smallest absolute Gasteiger partial charge is 0.224 e. The summed E-state index contributed by atoms with van der Waals surface area (Å²) in [6.45, 7) is 8.59. The molecule has 1 aliphatic heterocycles. The van der Waals surface area contributed by atoms with E-state index < -0.39 is 0 Å². The van der Waals surface area contributed by atoms with Gasteiger partial charge in [0, 0.05) is 26.2 Å². The van der Waals surface area contributed by atoms with Crippen molar-refractivity contribution in [2.45, 2.75) is 26.3 Å². The zero-order chi connectivity index (χ0) is 13.8. The summed E-state index contributed by atoms with van der Waals surface area (Å²) in [5.41, 5.74) is 0. The first-order valence-corrected chi connectivity index (χ1v) is 7.26. The van der Waals surface area contributed by atoms with Gasteiger partial charge in [-0.25, -0.2) is 4.98 Å². The first kappa shape index (κ1) is 14.3. The number of nitrogens with one attached hydrogen (secondary N) is 1. The van der Waals surface area contributed by atoms with Gasteiger partial charge in [-0.3, -0.25) is 4.90 Å². The molecule has 1 unspecified atom stereocenters. The lowest BCUT2D eigenvalue weighted by molar-refractivity contribution is 0.232. The molecule has 1 atom stereocenters. The van der Waals surface area contributed by atoms with Crippen molar-refractivity contribution in [1.82, 2.24) is 14.9 Å². The van der Waals surface area contributed by atoms with Crippen LogP contribution in [0.25, 0.3) is 0 Å². The van der Waals surface area contributed by atoms with Crippen molar-refractivity contribution in [1.29, 1.82) is 0 Å². The predicted octanol–water partition coefficient (Wildman–Crippen LogP) is 2.09. The summed E-state index contributed by atoms with van der Waals surface area (Å²) in [6, 6.07) is 0.596.